The van der Waals surface area contributed by atoms with Crippen molar-refractivity contribution in [3.05, 3.63) is 119 Å². The molecular formula is C26H21N3. The van der Waals surface area contributed by atoms with E-state index in [1.807, 2.05) is 104 Å². The van der Waals surface area contributed by atoms with Crippen LogP contribution in [0, 0.1) is 28.6 Å². The molecule has 0 radical (unpaired) electrons. The zero-order valence-corrected chi connectivity index (χ0v) is 16.2. The van der Waals surface area contributed by atoms with Crippen molar-refractivity contribution in [1.82, 2.24) is 5.32 Å². The van der Waals surface area contributed by atoms with Gasteiger partial charge in [-0.05, 0) is 24.1 Å². The smallest absolute Gasteiger partial charge is 0.0979 e. The molecular weight excluding hydrogens is 354 g/mol. The minimum Gasteiger partial charge on any atom is -0.357 e. The molecule has 0 aromatic heterocycles. The van der Waals surface area contributed by atoms with E-state index in [4.69, 9.17) is 0 Å². The van der Waals surface area contributed by atoms with Gasteiger partial charge in [0.1, 0.15) is 0 Å². The quantitative estimate of drug-likeness (QED) is 0.676. The Hall–Kier alpha value is -4.08. The Balaban J connectivity index is 1.89. The van der Waals surface area contributed by atoms with E-state index in [9.17, 15) is 10.5 Å². The van der Waals surface area contributed by atoms with Gasteiger partial charge in [-0.25, -0.2) is 0 Å². The van der Waals surface area contributed by atoms with E-state index in [0.717, 1.165) is 16.8 Å². The number of rotatable bonds is 5. The first-order chi connectivity index (χ1) is 14.2. The first-order valence-corrected chi connectivity index (χ1v) is 9.38. The Bertz CT molecular complexity index is 1090. The topological polar surface area (TPSA) is 59.6 Å². The molecule has 0 amide bonds. The highest BCUT2D eigenvalue weighted by atomic mass is 14.9. The van der Waals surface area contributed by atoms with Crippen LogP contribution in [0.25, 0.3) is 12.2 Å². The summed E-state index contributed by atoms with van der Waals surface area (Å²) < 4.78 is 0. The fraction of sp³-hybridized carbons (Fsp3) is 0.0769. The van der Waals surface area contributed by atoms with Crippen molar-refractivity contribution in [2.75, 3.05) is 0 Å². The fourth-order valence-corrected chi connectivity index (χ4v) is 3.14. The summed E-state index contributed by atoms with van der Waals surface area (Å²) in [5.41, 5.74) is 4.70. The van der Waals surface area contributed by atoms with Crippen LogP contribution < -0.4 is 5.32 Å². The lowest BCUT2D eigenvalue weighted by atomic mass is 9.86. The van der Waals surface area contributed by atoms with Gasteiger partial charge < -0.3 is 5.32 Å². The number of nitriles is 2. The fourth-order valence-electron chi connectivity index (χ4n) is 3.14. The standard InChI is InChI=1S/C26H21N3/c1-20-24(18-27)23(17-16-22-12-6-3-7-13-22)25(19-28)26(29-20)15-9-8-14-21-10-4-2-5-11-21/h2-17,23,29H,1H3/b14-8+,15-9+,17-16+. The van der Waals surface area contributed by atoms with Crippen LogP contribution in [-0.2, 0) is 0 Å². The highest BCUT2D eigenvalue weighted by Gasteiger charge is 2.26. The molecule has 1 aliphatic rings. The van der Waals surface area contributed by atoms with E-state index in [0.29, 0.717) is 16.8 Å². The Morgan fingerprint density at radius 1 is 0.759 bits per heavy atom. The molecule has 2 aromatic rings. The van der Waals surface area contributed by atoms with Gasteiger partial charge in [0, 0.05) is 5.70 Å². The summed E-state index contributed by atoms with van der Waals surface area (Å²) in [6, 6.07) is 24.4. The number of benzene rings is 2. The van der Waals surface area contributed by atoms with Crippen molar-refractivity contribution in [1.29, 1.82) is 10.5 Å². The van der Waals surface area contributed by atoms with Crippen LogP contribution in [0.4, 0.5) is 0 Å². The summed E-state index contributed by atoms with van der Waals surface area (Å²) in [5.74, 6) is -0.371. The lowest BCUT2D eigenvalue weighted by molar-refractivity contribution is 0.817. The molecule has 0 spiro atoms. The van der Waals surface area contributed by atoms with E-state index < -0.39 is 0 Å². The summed E-state index contributed by atoms with van der Waals surface area (Å²) >= 11 is 0. The number of dihydropyridines is 1. The van der Waals surface area contributed by atoms with Gasteiger partial charge in [0.15, 0.2) is 0 Å². The number of allylic oxidation sites excluding steroid dienone is 7. The molecule has 140 valence electrons. The predicted molar refractivity (Wildman–Crippen MR) is 118 cm³/mol. The van der Waals surface area contributed by atoms with Gasteiger partial charge in [0.25, 0.3) is 0 Å². The molecule has 1 unspecified atom stereocenters. The molecule has 0 aliphatic carbocycles. The van der Waals surface area contributed by atoms with Crippen molar-refractivity contribution in [3.63, 3.8) is 0 Å². The third-order valence-corrected chi connectivity index (χ3v) is 4.62. The molecule has 0 bridgehead atoms. The van der Waals surface area contributed by atoms with Gasteiger partial charge in [0.05, 0.1) is 34.9 Å². The lowest BCUT2D eigenvalue weighted by Crippen LogP contribution is -2.24. The molecule has 2 aromatic carbocycles. The van der Waals surface area contributed by atoms with Crippen LogP contribution in [0.2, 0.25) is 0 Å². The molecule has 3 nitrogen and oxygen atoms in total. The summed E-state index contributed by atoms with van der Waals surface area (Å²) in [5, 5.41) is 22.6. The average Bonchev–Trinajstić information content (AvgIpc) is 2.76. The van der Waals surface area contributed by atoms with Crippen molar-refractivity contribution in [2.45, 2.75) is 6.92 Å². The molecule has 1 N–H and O–H groups in total. The Labute approximate surface area is 171 Å². The van der Waals surface area contributed by atoms with Crippen molar-refractivity contribution >= 4 is 12.2 Å². The van der Waals surface area contributed by atoms with Crippen LogP contribution in [0.5, 0.6) is 0 Å². The molecule has 1 aliphatic heterocycles. The normalized spacial score (nSPS) is 17.0. The van der Waals surface area contributed by atoms with E-state index in [-0.39, 0.29) is 5.92 Å². The second-order valence-electron chi connectivity index (χ2n) is 6.59. The van der Waals surface area contributed by atoms with Crippen molar-refractivity contribution in [3.8, 4) is 12.1 Å². The predicted octanol–water partition coefficient (Wildman–Crippen LogP) is 5.76. The summed E-state index contributed by atoms with van der Waals surface area (Å²) in [6.07, 6.45) is 11.6. The highest BCUT2D eigenvalue weighted by molar-refractivity contribution is 5.58. The Morgan fingerprint density at radius 3 is 1.90 bits per heavy atom. The largest absolute Gasteiger partial charge is 0.357 e. The van der Waals surface area contributed by atoms with E-state index in [1.165, 1.54) is 0 Å². The van der Waals surface area contributed by atoms with Gasteiger partial charge >= 0.3 is 0 Å². The maximum atomic E-state index is 9.80. The van der Waals surface area contributed by atoms with Gasteiger partial charge in [0.2, 0.25) is 0 Å². The Morgan fingerprint density at radius 2 is 1.31 bits per heavy atom. The first-order valence-electron chi connectivity index (χ1n) is 9.38. The lowest BCUT2D eigenvalue weighted by Gasteiger charge is -2.24. The second kappa shape index (κ2) is 9.74. The molecule has 0 saturated heterocycles. The van der Waals surface area contributed by atoms with E-state index >= 15 is 0 Å². The van der Waals surface area contributed by atoms with Crippen LogP contribution in [0.3, 0.4) is 0 Å². The molecule has 0 fully saturated rings. The summed E-state index contributed by atoms with van der Waals surface area (Å²) in [4.78, 5) is 0. The first kappa shape index (κ1) is 19.7. The van der Waals surface area contributed by atoms with Crippen LogP contribution in [0.1, 0.15) is 18.1 Å². The van der Waals surface area contributed by atoms with Crippen molar-refractivity contribution < 1.29 is 0 Å². The molecule has 3 rings (SSSR count). The van der Waals surface area contributed by atoms with Gasteiger partial charge in [-0.15, -0.1) is 0 Å². The molecule has 1 heterocycles. The number of hydrogen-bond acceptors (Lipinski definition) is 3. The zero-order chi connectivity index (χ0) is 20.5. The summed E-state index contributed by atoms with van der Waals surface area (Å²) in [6.45, 7) is 1.86. The molecule has 1 atom stereocenters. The maximum absolute atomic E-state index is 9.80. The van der Waals surface area contributed by atoms with E-state index in [1.54, 1.807) is 0 Å². The summed E-state index contributed by atoms with van der Waals surface area (Å²) in [7, 11) is 0. The SMILES string of the molecule is CC1=C(C#N)C(/C=C/c2ccccc2)C(C#N)=C(/C=C/C=C/c2ccccc2)N1. The molecule has 29 heavy (non-hydrogen) atoms. The number of hydrogen-bond donors (Lipinski definition) is 1. The van der Waals surface area contributed by atoms with Crippen LogP contribution >= 0.6 is 0 Å². The maximum Gasteiger partial charge on any atom is 0.0979 e. The second-order valence-corrected chi connectivity index (χ2v) is 6.59. The van der Waals surface area contributed by atoms with Crippen LogP contribution in [-0.4, -0.2) is 0 Å². The molecule has 3 heteroatoms. The van der Waals surface area contributed by atoms with Crippen molar-refractivity contribution in [2.24, 2.45) is 5.92 Å². The monoisotopic (exact) mass is 375 g/mol. The average molecular weight is 375 g/mol. The minimum atomic E-state index is -0.371. The Kier molecular flexibility index (Phi) is 6.61. The number of nitrogens with one attached hydrogen (secondary N) is 1. The number of nitrogens with zero attached hydrogens (tertiary/aromatic N) is 2. The third kappa shape index (κ3) is 5.01. The highest BCUT2D eigenvalue weighted by Crippen LogP contribution is 2.31. The molecule has 0 saturated carbocycles. The van der Waals surface area contributed by atoms with Gasteiger partial charge in [-0.2, -0.15) is 10.5 Å². The zero-order valence-electron chi connectivity index (χ0n) is 16.2. The van der Waals surface area contributed by atoms with Crippen LogP contribution in [0.15, 0.2) is 108 Å². The third-order valence-electron chi connectivity index (χ3n) is 4.62. The minimum absolute atomic E-state index is 0.371. The van der Waals surface area contributed by atoms with Gasteiger partial charge in [-0.3, -0.25) is 0 Å². The van der Waals surface area contributed by atoms with E-state index in [2.05, 4.69) is 17.5 Å². The van der Waals surface area contributed by atoms with Gasteiger partial charge in [-0.1, -0.05) is 91.0 Å².